The molecule has 0 radical (unpaired) electrons. The van der Waals surface area contributed by atoms with Gasteiger partial charge < -0.3 is 16.3 Å². The van der Waals surface area contributed by atoms with E-state index in [1.807, 2.05) is 25.1 Å². The summed E-state index contributed by atoms with van der Waals surface area (Å²) in [7, 11) is 0. The van der Waals surface area contributed by atoms with Crippen LogP contribution in [-0.2, 0) is 0 Å². The molecule has 0 saturated heterocycles. The number of rotatable bonds is 5. The summed E-state index contributed by atoms with van der Waals surface area (Å²) < 4.78 is 1.05. The van der Waals surface area contributed by atoms with Crippen molar-refractivity contribution in [3.05, 3.63) is 28.2 Å². The maximum absolute atomic E-state index is 8.57. The Morgan fingerprint density at radius 3 is 2.88 bits per heavy atom. The lowest BCUT2D eigenvalue weighted by Gasteiger charge is -2.19. The molecule has 0 aromatic heterocycles. The van der Waals surface area contributed by atoms with E-state index in [1.54, 1.807) is 0 Å². The fourth-order valence-electron chi connectivity index (χ4n) is 1.57. The third kappa shape index (κ3) is 3.93. The van der Waals surface area contributed by atoms with Crippen LogP contribution in [0.1, 0.15) is 25.3 Å². The molecule has 4 N–H and O–H groups in total. The standard InChI is InChI=1S/C12H18BrN3O/c1-3-9(7-11(14)16-17)15-10-6-4-5-8(2)12(10)13/h4-6,9,15,17H,3,7H2,1-2H3,(H2,14,16). The van der Waals surface area contributed by atoms with Crippen molar-refractivity contribution in [2.45, 2.75) is 32.7 Å². The van der Waals surface area contributed by atoms with E-state index in [2.05, 4.69) is 33.3 Å². The molecule has 1 unspecified atom stereocenters. The lowest BCUT2D eigenvalue weighted by atomic mass is 10.1. The quantitative estimate of drug-likeness (QED) is 0.339. The number of oxime groups is 1. The highest BCUT2D eigenvalue weighted by atomic mass is 79.9. The van der Waals surface area contributed by atoms with Gasteiger partial charge in [0, 0.05) is 22.6 Å². The second-order valence-corrected chi connectivity index (χ2v) is 4.77. The fraction of sp³-hybridized carbons (Fsp3) is 0.417. The number of hydrogen-bond donors (Lipinski definition) is 3. The van der Waals surface area contributed by atoms with Crippen LogP contribution in [0.4, 0.5) is 5.69 Å². The third-order valence-electron chi connectivity index (χ3n) is 2.63. The predicted octanol–water partition coefficient (Wildman–Crippen LogP) is 3.08. The minimum Gasteiger partial charge on any atom is -0.409 e. The first-order chi connectivity index (χ1) is 8.08. The Labute approximate surface area is 110 Å². The Hall–Kier alpha value is -1.23. The molecule has 1 rings (SSSR count). The van der Waals surface area contributed by atoms with Crippen LogP contribution in [0.5, 0.6) is 0 Å². The van der Waals surface area contributed by atoms with Crippen molar-refractivity contribution in [2.24, 2.45) is 10.9 Å². The Morgan fingerprint density at radius 2 is 2.29 bits per heavy atom. The fourth-order valence-corrected chi connectivity index (χ4v) is 1.95. The maximum atomic E-state index is 8.57. The van der Waals surface area contributed by atoms with Gasteiger partial charge in [-0.15, -0.1) is 0 Å². The molecule has 0 amide bonds. The van der Waals surface area contributed by atoms with Gasteiger partial charge in [-0.3, -0.25) is 0 Å². The van der Waals surface area contributed by atoms with E-state index in [0.29, 0.717) is 6.42 Å². The molecule has 94 valence electrons. The number of benzene rings is 1. The minimum absolute atomic E-state index is 0.156. The Morgan fingerprint density at radius 1 is 1.59 bits per heavy atom. The lowest BCUT2D eigenvalue weighted by Crippen LogP contribution is -2.26. The van der Waals surface area contributed by atoms with Crippen molar-refractivity contribution < 1.29 is 5.21 Å². The van der Waals surface area contributed by atoms with Crippen LogP contribution in [-0.4, -0.2) is 17.1 Å². The first kappa shape index (κ1) is 13.8. The summed E-state index contributed by atoms with van der Waals surface area (Å²) in [4.78, 5) is 0. The average molecular weight is 300 g/mol. The lowest BCUT2D eigenvalue weighted by molar-refractivity contribution is 0.316. The van der Waals surface area contributed by atoms with Gasteiger partial charge in [-0.05, 0) is 40.9 Å². The minimum atomic E-state index is 0.156. The van der Waals surface area contributed by atoms with Gasteiger partial charge in [0.2, 0.25) is 0 Å². The van der Waals surface area contributed by atoms with Gasteiger partial charge in [0.25, 0.3) is 0 Å². The molecule has 1 aromatic carbocycles. The molecular formula is C12H18BrN3O. The summed E-state index contributed by atoms with van der Waals surface area (Å²) in [5.41, 5.74) is 7.72. The highest BCUT2D eigenvalue weighted by Crippen LogP contribution is 2.26. The first-order valence-electron chi connectivity index (χ1n) is 5.56. The maximum Gasteiger partial charge on any atom is 0.141 e. The molecular weight excluding hydrogens is 282 g/mol. The van der Waals surface area contributed by atoms with Gasteiger partial charge in [-0.25, -0.2) is 0 Å². The summed E-state index contributed by atoms with van der Waals surface area (Å²) in [5, 5.41) is 15.0. The number of amidine groups is 1. The zero-order valence-corrected chi connectivity index (χ0v) is 11.7. The second-order valence-electron chi connectivity index (χ2n) is 3.98. The van der Waals surface area contributed by atoms with Crippen molar-refractivity contribution in [3.8, 4) is 0 Å². The normalized spacial score (nSPS) is 13.5. The van der Waals surface area contributed by atoms with E-state index in [4.69, 9.17) is 10.9 Å². The van der Waals surface area contributed by atoms with Crippen molar-refractivity contribution in [2.75, 3.05) is 5.32 Å². The van der Waals surface area contributed by atoms with Gasteiger partial charge >= 0.3 is 0 Å². The number of aryl methyl sites for hydroxylation is 1. The molecule has 17 heavy (non-hydrogen) atoms. The van der Waals surface area contributed by atoms with Gasteiger partial charge in [-0.1, -0.05) is 24.2 Å². The van der Waals surface area contributed by atoms with Crippen LogP contribution in [0.2, 0.25) is 0 Å². The van der Waals surface area contributed by atoms with E-state index in [9.17, 15) is 0 Å². The summed E-state index contributed by atoms with van der Waals surface area (Å²) in [6, 6.07) is 6.20. The van der Waals surface area contributed by atoms with E-state index in [-0.39, 0.29) is 11.9 Å². The van der Waals surface area contributed by atoms with Gasteiger partial charge in [0.15, 0.2) is 0 Å². The van der Waals surface area contributed by atoms with E-state index in [1.165, 1.54) is 5.56 Å². The molecule has 0 aliphatic rings. The number of halogens is 1. The smallest absolute Gasteiger partial charge is 0.141 e. The molecule has 5 heteroatoms. The number of anilines is 1. The molecule has 1 aromatic rings. The zero-order chi connectivity index (χ0) is 12.8. The number of nitrogens with two attached hydrogens (primary N) is 1. The predicted molar refractivity (Wildman–Crippen MR) is 74.6 cm³/mol. The summed E-state index contributed by atoms with van der Waals surface area (Å²) >= 11 is 3.55. The molecule has 0 fully saturated rings. The first-order valence-corrected chi connectivity index (χ1v) is 6.35. The van der Waals surface area contributed by atoms with E-state index < -0.39 is 0 Å². The van der Waals surface area contributed by atoms with Gasteiger partial charge in [-0.2, -0.15) is 0 Å². The number of hydrogen-bond acceptors (Lipinski definition) is 3. The van der Waals surface area contributed by atoms with Crippen LogP contribution in [0.25, 0.3) is 0 Å². The van der Waals surface area contributed by atoms with Crippen molar-refractivity contribution in [3.63, 3.8) is 0 Å². The van der Waals surface area contributed by atoms with Gasteiger partial charge in [0.05, 0.1) is 0 Å². The molecule has 0 saturated carbocycles. The molecule has 0 bridgehead atoms. The highest BCUT2D eigenvalue weighted by molar-refractivity contribution is 9.10. The van der Waals surface area contributed by atoms with E-state index in [0.717, 1.165) is 16.6 Å². The Bertz CT molecular complexity index is 407. The Kier molecular flexibility index (Phi) is 5.28. The topological polar surface area (TPSA) is 70.6 Å². The SMILES string of the molecule is CCC(C/C(N)=N/O)Nc1cccc(C)c1Br. The van der Waals surface area contributed by atoms with Crippen LogP contribution in [0.15, 0.2) is 27.8 Å². The largest absolute Gasteiger partial charge is 0.409 e. The van der Waals surface area contributed by atoms with Crippen molar-refractivity contribution in [1.29, 1.82) is 0 Å². The van der Waals surface area contributed by atoms with Crippen LogP contribution < -0.4 is 11.1 Å². The monoisotopic (exact) mass is 299 g/mol. The van der Waals surface area contributed by atoms with Crippen LogP contribution in [0, 0.1) is 6.92 Å². The molecule has 0 aliphatic carbocycles. The third-order valence-corrected chi connectivity index (χ3v) is 3.68. The zero-order valence-electron chi connectivity index (χ0n) is 10.1. The molecule has 4 nitrogen and oxygen atoms in total. The summed E-state index contributed by atoms with van der Waals surface area (Å²) in [6.45, 7) is 4.10. The van der Waals surface area contributed by atoms with Crippen molar-refractivity contribution in [1.82, 2.24) is 0 Å². The summed E-state index contributed by atoms with van der Waals surface area (Å²) in [5.74, 6) is 0.244. The van der Waals surface area contributed by atoms with Crippen LogP contribution in [0.3, 0.4) is 0 Å². The van der Waals surface area contributed by atoms with Crippen molar-refractivity contribution >= 4 is 27.5 Å². The Balaban J connectivity index is 2.77. The second kappa shape index (κ2) is 6.49. The van der Waals surface area contributed by atoms with Crippen LogP contribution >= 0.6 is 15.9 Å². The number of nitrogens with one attached hydrogen (secondary N) is 1. The van der Waals surface area contributed by atoms with E-state index >= 15 is 0 Å². The average Bonchev–Trinajstić information content (AvgIpc) is 2.33. The van der Waals surface area contributed by atoms with Gasteiger partial charge in [0.1, 0.15) is 5.84 Å². The molecule has 1 atom stereocenters. The summed E-state index contributed by atoms with van der Waals surface area (Å²) in [6.07, 6.45) is 1.42. The molecule has 0 spiro atoms. The highest BCUT2D eigenvalue weighted by Gasteiger charge is 2.11. The molecule has 0 aliphatic heterocycles. The molecule has 0 heterocycles. The number of nitrogens with zero attached hydrogens (tertiary/aromatic N) is 1.